The van der Waals surface area contributed by atoms with E-state index in [0.717, 1.165) is 0 Å². The maximum absolute atomic E-state index is 12.3. The lowest BCUT2D eigenvalue weighted by atomic mass is 9.72. The van der Waals surface area contributed by atoms with Crippen LogP contribution in [0, 0.1) is 10.8 Å². The van der Waals surface area contributed by atoms with Gasteiger partial charge >= 0.3 is 17.9 Å². The summed E-state index contributed by atoms with van der Waals surface area (Å²) in [5.41, 5.74) is -1.65. The van der Waals surface area contributed by atoms with Crippen molar-refractivity contribution in [1.29, 1.82) is 0 Å². The van der Waals surface area contributed by atoms with E-state index in [1.807, 2.05) is 6.92 Å². The molecule has 0 radical (unpaired) electrons. The fourth-order valence-corrected chi connectivity index (χ4v) is 2.52. The standard InChI is InChI=1S/C15H23Br3O6/c1-6-14(4,11(20)22-5)9-13(2,3)10(19)23-7-8-24-12(21)15(16,17)18/h6-9H2,1-5H3. The Morgan fingerprint density at radius 1 is 0.875 bits per heavy atom. The van der Waals surface area contributed by atoms with Crippen molar-refractivity contribution in [3.05, 3.63) is 0 Å². The van der Waals surface area contributed by atoms with Gasteiger partial charge in [-0.15, -0.1) is 0 Å². The van der Waals surface area contributed by atoms with Gasteiger partial charge in [0.05, 0.1) is 17.9 Å². The molecule has 0 aromatic heterocycles. The zero-order chi connectivity index (χ0) is 19.2. The van der Waals surface area contributed by atoms with Gasteiger partial charge in [-0.3, -0.25) is 9.59 Å². The average molecular weight is 539 g/mol. The van der Waals surface area contributed by atoms with E-state index in [9.17, 15) is 14.4 Å². The van der Waals surface area contributed by atoms with E-state index in [1.54, 1.807) is 20.8 Å². The molecule has 9 heteroatoms. The van der Waals surface area contributed by atoms with Crippen LogP contribution in [0.25, 0.3) is 0 Å². The fourth-order valence-electron chi connectivity index (χ4n) is 2.18. The minimum absolute atomic E-state index is 0.0713. The SMILES string of the molecule is CCC(C)(CC(C)(C)C(=O)OCCOC(=O)C(Br)(Br)Br)C(=O)OC. The molecule has 24 heavy (non-hydrogen) atoms. The third-order valence-corrected chi connectivity index (χ3v) is 4.60. The number of rotatable bonds is 8. The van der Waals surface area contributed by atoms with Gasteiger partial charge in [-0.05, 0) is 81.4 Å². The van der Waals surface area contributed by atoms with Crippen molar-refractivity contribution in [3.8, 4) is 0 Å². The molecule has 0 heterocycles. The average Bonchev–Trinajstić information content (AvgIpc) is 2.48. The van der Waals surface area contributed by atoms with Crippen LogP contribution in [0.15, 0.2) is 0 Å². The van der Waals surface area contributed by atoms with Crippen LogP contribution in [0.2, 0.25) is 0 Å². The fraction of sp³-hybridized carbons (Fsp3) is 0.800. The highest BCUT2D eigenvalue weighted by atomic mass is 80.0. The van der Waals surface area contributed by atoms with Crippen molar-refractivity contribution in [2.24, 2.45) is 10.8 Å². The minimum Gasteiger partial charge on any atom is -0.469 e. The summed E-state index contributed by atoms with van der Waals surface area (Å²) in [4.78, 5) is 35.7. The second-order valence-electron chi connectivity index (χ2n) is 6.24. The zero-order valence-electron chi connectivity index (χ0n) is 14.4. The molecule has 0 N–H and O–H groups in total. The van der Waals surface area contributed by atoms with E-state index in [4.69, 9.17) is 14.2 Å². The predicted octanol–water partition coefficient (Wildman–Crippen LogP) is 3.92. The Hall–Kier alpha value is -0.150. The Kier molecular flexibility index (Phi) is 9.46. The molecule has 1 atom stereocenters. The van der Waals surface area contributed by atoms with Crippen molar-refractivity contribution in [2.45, 2.75) is 42.7 Å². The summed E-state index contributed by atoms with van der Waals surface area (Å²) in [6, 6.07) is 0. The van der Waals surface area contributed by atoms with Crippen LogP contribution >= 0.6 is 47.8 Å². The third-order valence-electron chi connectivity index (χ3n) is 3.62. The van der Waals surface area contributed by atoms with Gasteiger partial charge in [-0.25, -0.2) is 4.79 Å². The molecule has 0 rings (SSSR count). The summed E-state index contributed by atoms with van der Waals surface area (Å²) in [5, 5.41) is 0. The van der Waals surface area contributed by atoms with Crippen LogP contribution in [-0.4, -0.2) is 40.4 Å². The van der Waals surface area contributed by atoms with Crippen LogP contribution in [0.5, 0.6) is 0 Å². The molecule has 6 nitrogen and oxygen atoms in total. The Labute approximate surface area is 167 Å². The van der Waals surface area contributed by atoms with Crippen LogP contribution < -0.4 is 0 Å². The lowest BCUT2D eigenvalue weighted by Crippen LogP contribution is -2.38. The molecule has 1 unspecified atom stereocenters. The van der Waals surface area contributed by atoms with Crippen LogP contribution in [0.3, 0.4) is 0 Å². The van der Waals surface area contributed by atoms with Crippen molar-refractivity contribution in [2.75, 3.05) is 20.3 Å². The summed E-state index contributed by atoms with van der Waals surface area (Å²) < 4.78 is 13.7. The monoisotopic (exact) mass is 536 g/mol. The highest BCUT2D eigenvalue weighted by molar-refractivity contribution is 9.40. The molecule has 0 spiro atoms. The largest absolute Gasteiger partial charge is 0.469 e. The van der Waals surface area contributed by atoms with E-state index in [1.165, 1.54) is 7.11 Å². The minimum atomic E-state index is -1.15. The molecule has 0 saturated carbocycles. The van der Waals surface area contributed by atoms with E-state index in [2.05, 4.69) is 47.8 Å². The maximum Gasteiger partial charge on any atom is 0.345 e. The van der Waals surface area contributed by atoms with Gasteiger partial charge in [0.15, 0.2) is 0 Å². The second kappa shape index (κ2) is 9.52. The first-order valence-corrected chi connectivity index (χ1v) is 9.67. The number of hydrogen-bond donors (Lipinski definition) is 0. The summed E-state index contributed by atoms with van der Waals surface area (Å²) in [6.45, 7) is 6.89. The molecule has 0 aliphatic heterocycles. The third kappa shape index (κ3) is 7.39. The number of ether oxygens (including phenoxy) is 3. The molecular weight excluding hydrogens is 516 g/mol. The van der Waals surface area contributed by atoms with Crippen LogP contribution in [0.4, 0.5) is 0 Å². The van der Waals surface area contributed by atoms with Gasteiger partial charge in [0, 0.05) is 0 Å². The number of esters is 3. The first-order valence-electron chi connectivity index (χ1n) is 7.30. The van der Waals surface area contributed by atoms with Gasteiger partial charge in [0.2, 0.25) is 2.14 Å². The quantitative estimate of drug-likeness (QED) is 0.202. The zero-order valence-corrected chi connectivity index (χ0v) is 19.2. The van der Waals surface area contributed by atoms with Gasteiger partial charge in [-0.2, -0.15) is 0 Å². The van der Waals surface area contributed by atoms with Crippen LogP contribution in [-0.2, 0) is 28.6 Å². The lowest BCUT2D eigenvalue weighted by Gasteiger charge is -2.33. The molecule has 0 saturated heterocycles. The number of hydrogen-bond acceptors (Lipinski definition) is 6. The lowest BCUT2D eigenvalue weighted by molar-refractivity contribution is -0.164. The number of halogens is 3. The number of methoxy groups -OCH3 is 1. The summed E-state index contributed by atoms with van der Waals surface area (Å²) in [5.74, 6) is -1.42. The van der Waals surface area contributed by atoms with Crippen molar-refractivity contribution in [3.63, 3.8) is 0 Å². The summed E-state index contributed by atoms with van der Waals surface area (Å²) >= 11 is 9.08. The molecular formula is C15H23Br3O6. The summed E-state index contributed by atoms with van der Waals surface area (Å²) in [7, 11) is 1.33. The Morgan fingerprint density at radius 3 is 1.71 bits per heavy atom. The molecule has 0 amide bonds. The van der Waals surface area contributed by atoms with Crippen LogP contribution in [0.1, 0.15) is 40.5 Å². The number of alkyl halides is 3. The van der Waals surface area contributed by atoms with E-state index < -0.39 is 24.9 Å². The molecule has 0 bridgehead atoms. The molecule has 0 aromatic carbocycles. The van der Waals surface area contributed by atoms with E-state index in [-0.39, 0.29) is 25.6 Å². The molecule has 0 aliphatic rings. The normalized spacial score (nSPS) is 14.5. The topological polar surface area (TPSA) is 78.9 Å². The van der Waals surface area contributed by atoms with Gasteiger partial charge in [0.1, 0.15) is 13.2 Å². The predicted molar refractivity (Wildman–Crippen MR) is 100 cm³/mol. The van der Waals surface area contributed by atoms with Crippen molar-refractivity contribution in [1.82, 2.24) is 0 Å². The van der Waals surface area contributed by atoms with Crippen molar-refractivity contribution >= 4 is 65.7 Å². The second-order valence-corrected chi connectivity index (χ2v) is 13.0. The highest BCUT2D eigenvalue weighted by Gasteiger charge is 2.42. The highest BCUT2D eigenvalue weighted by Crippen LogP contribution is 2.38. The molecule has 0 aromatic rings. The first-order chi connectivity index (χ1) is 10.8. The molecule has 0 fully saturated rings. The number of carbonyl (C=O) groups excluding carboxylic acids is 3. The van der Waals surface area contributed by atoms with Gasteiger partial charge in [0.25, 0.3) is 0 Å². The van der Waals surface area contributed by atoms with E-state index in [0.29, 0.717) is 6.42 Å². The van der Waals surface area contributed by atoms with Crippen molar-refractivity contribution < 1.29 is 28.6 Å². The Bertz CT molecular complexity index is 472. The molecule has 140 valence electrons. The van der Waals surface area contributed by atoms with Gasteiger partial charge < -0.3 is 14.2 Å². The summed E-state index contributed by atoms with van der Waals surface area (Å²) in [6.07, 6.45) is 0.826. The first kappa shape index (κ1) is 23.9. The Morgan fingerprint density at radius 2 is 1.33 bits per heavy atom. The number of carbonyl (C=O) groups is 3. The van der Waals surface area contributed by atoms with E-state index >= 15 is 0 Å². The Balaban J connectivity index is 4.58. The molecule has 0 aliphatic carbocycles. The maximum atomic E-state index is 12.3. The smallest absolute Gasteiger partial charge is 0.345 e. The van der Waals surface area contributed by atoms with Gasteiger partial charge in [-0.1, -0.05) is 6.92 Å².